The van der Waals surface area contributed by atoms with Crippen molar-refractivity contribution in [2.45, 2.75) is 13.8 Å². The van der Waals surface area contributed by atoms with E-state index in [1.165, 1.54) is 6.92 Å². The molecule has 2 N–H and O–H groups in total. The molecule has 2 aromatic carbocycles. The van der Waals surface area contributed by atoms with Gasteiger partial charge in [-0.1, -0.05) is 35.9 Å². The molecule has 0 atom stereocenters. The predicted octanol–water partition coefficient (Wildman–Crippen LogP) is 3.82. The molecule has 5 nitrogen and oxygen atoms in total. The number of nitrogens with one attached hydrogen (secondary N) is 2. The number of para-hydroxylation sites is 1. The number of hydrogen-bond donors (Lipinski definition) is 2. The molecule has 2 aromatic rings. The van der Waals surface area contributed by atoms with Gasteiger partial charge in [0.1, 0.15) is 0 Å². The summed E-state index contributed by atoms with van der Waals surface area (Å²) in [5, 5.41) is 6.08. The van der Waals surface area contributed by atoms with Crippen LogP contribution in [0.4, 0.5) is 16.2 Å². The fourth-order valence-electron chi connectivity index (χ4n) is 2.31. The Labute approximate surface area is 146 Å². The highest BCUT2D eigenvalue weighted by Gasteiger charge is 2.15. The third-order valence-electron chi connectivity index (χ3n) is 3.56. The van der Waals surface area contributed by atoms with Crippen LogP contribution < -0.4 is 15.5 Å². The van der Waals surface area contributed by atoms with Gasteiger partial charge in [-0.15, -0.1) is 0 Å². The minimum absolute atomic E-state index is 0.106. The molecule has 0 heterocycles. The number of anilines is 2. The van der Waals surface area contributed by atoms with E-state index in [1.807, 2.05) is 31.2 Å². The number of hydrogen-bond acceptors (Lipinski definition) is 2. The molecular formula is C18H20ClN3O2. The second-order valence-corrected chi connectivity index (χ2v) is 5.71. The van der Waals surface area contributed by atoms with Gasteiger partial charge in [-0.2, -0.15) is 0 Å². The van der Waals surface area contributed by atoms with Gasteiger partial charge in [0.2, 0.25) is 5.91 Å². The lowest BCUT2D eigenvalue weighted by atomic mass is 10.1. The Kier molecular flexibility index (Phi) is 6.21. The van der Waals surface area contributed by atoms with Crippen LogP contribution in [0.1, 0.15) is 12.5 Å². The number of carbonyl (C=O) groups is 2. The third-order valence-corrected chi connectivity index (χ3v) is 3.97. The molecule has 0 aliphatic rings. The molecule has 0 aliphatic heterocycles. The van der Waals surface area contributed by atoms with Crippen molar-refractivity contribution in [3.63, 3.8) is 0 Å². The number of nitrogens with zero attached hydrogens (tertiary/aromatic N) is 1. The van der Waals surface area contributed by atoms with E-state index >= 15 is 0 Å². The zero-order valence-electron chi connectivity index (χ0n) is 13.7. The van der Waals surface area contributed by atoms with Gasteiger partial charge in [0.25, 0.3) is 0 Å². The van der Waals surface area contributed by atoms with Crippen LogP contribution >= 0.6 is 11.6 Å². The summed E-state index contributed by atoms with van der Waals surface area (Å²) in [6, 6.07) is 14.3. The molecule has 126 valence electrons. The minimum Gasteiger partial charge on any atom is -0.336 e. The van der Waals surface area contributed by atoms with Gasteiger partial charge in [-0.05, 0) is 36.8 Å². The van der Waals surface area contributed by atoms with Gasteiger partial charge in [0.15, 0.2) is 0 Å². The third kappa shape index (κ3) is 4.73. The van der Waals surface area contributed by atoms with E-state index in [0.29, 0.717) is 23.8 Å². The molecule has 0 aliphatic carbocycles. The summed E-state index contributed by atoms with van der Waals surface area (Å²) < 4.78 is 0. The molecule has 3 amide bonds. The first-order valence-electron chi connectivity index (χ1n) is 7.62. The first kappa shape index (κ1) is 17.8. The van der Waals surface area contributed by atoms with Crippen LogP contribution in [0.15, 0.2) is 48.5 Å². The number of urea groups is 1. The zero-order valence-corrected chi connectivity index (χ0v) is 14.4. The minimum atomic E-state index is -0.312. The Bertz CT molecular complexity index is 719. The van der Waals surface area contributed by atoms with Crippen molar-refractivity contribution in [3.8, 4) is 0 Å². The molecule has 0 saturated carbocycles. The number of rotatable bonds is 5. The smallest absolute Gasteiger partial charge is 0.319 e. The number of halogens is 1. The Morgan fingerprint density at radius 1 is 1.08 bits per heavy atom. The van der Waals surface area contributed by atoms with E-state index in [1.54, 1.807) is 29.2 Å². The highest BCUT2D eigenvalue weighted by Crippen LogP contribution is 2.26. The maximum Gasteiger partial charge on any atom is 0.319 e. The largest absolute Gasteiger partial charge is 0.336 e. The summed E-state index contributed by atoms with van der Waals surface area (Å²) in [6.45, 7) is 4.04. The molecule has 0 fully saturated rings. The topological polar surface area (TPSA) is 61.4 Å². The van der Waals surface area contributed by atoms with E-state index < -0.39 is 0 Å². The monoisotopic (exact) mass is 345 g/mol. The highest BCUT2D eigenvalue weighted by atomic mass is 35.5. The Balaban J connectivity index is 1.94. The van der Waals surface area contributed by atoms with E-state index in [4.69, 9.17) is 11.6 Å². The summed E-state index contributed by atoms with van der Waals surface area (Å²) >= 11 is 6.12. The normalized spacial score (nSPS) is 10.1. The highest BCUT2D eigenvalue weighted by molar-refractivity contribution is 6.31. The Hall–Kier alpha value is -2.53. The van der Waals surface area contributed by atoms with E-state index in [0.717, 1.165) is 11.3 Å². The summed E-state index contributed by atoms with van der Waals surface area (Å²) in [5.41, 5.74) is 2.30. The number of amides is 3. The first-order chi connectivity index (χ1) is 11.5. The summed E-state index contributed by atoms with van der Waals surface area (Å²) in [6.07, 6.45) is 0. The van der Waals surface area contributed by atoms with Crippen molar-refractivity contribution in [2.24, 2.45) is 0 Å². The van der Waals surface area contributed by atoms with Gasteiger partial charge in [0, 0.05) is 36.4 Å². The first-order valence-corrected chi connectivity index (χ1v) is 8.00. The maximum absolute atomic E-state index is 11.9. The molecule has 0 saturated heterocycles. The fourth-order valence-corrected chi connectivity index (χ4v) is 2.48. The predicted molar refractivity (Wildman–Crippen MR) is 97.7 cm³/mol. The van der Waals surface area contributed by atoms with Crippen LogP contribution in [0.25, 0.3) is 0 Å². The van der Waals surface area contributed by atoms with E-state index in [2.05, 4.69) is 10.6 Å². The van der Waals surface area contributed by atoms with Crippen LogP contribution in [0.2, 0.25) is 5.02 Å². The van der Waals surface area contributed by atoms with Gasteiger partial charge >= 0.3 is 6.03 Å². The molecule has 0 radical (unpaired) electrons. The molecule has 0 bridgehead atoms. The van der Waals surface area contributed by atoms with Crippen LogP contribution in [-0.2, 0) is 4.79 Å². The average Bonchev–Trinajstić information content (AvgIpc) is 2.55. The van der Waals surface area contributed by atoms with Crippen molar-refractivity contribution in [3.05, 3.63) is 59.1 Å². The average molecular weight is 346 g/mol. The second kappa shape index (κ2) is 8.36. The number of carbonyl (C=O) groups excluding carboxylic acids is 2. The Morgan fingerprint density at radius 2 is 1.79 bits per heavy atom. The molecule has 24 heavy (non-hydrogen) atoms. The van der Waals surface area contributed by atoms with Crippen LogP contribution in [0.3, 0.4) is 0 Å². The summed E-state index contributed by atoms with van der Waals surface area (Å²) in [7, 11) is 0. The molecule has 6 heteroatoms. The summed E-state index contributed by atoms with van der Waals surface area (Å²) in [5.74, 6) is -0.106. The molecule has 2 rings (SSSR count). The molecule has 0 spiro atoms. The lowest BCUT2D eigenvalue weighted by Gasteiger charge is -2.23. The van der Waals surface area contributed by atoms with Crippen molar-refractivity contribution in [2.75, 3.05) is 23.3 Å². The second-order valence-electron chi connectivity index (χ2n) is 5.30. The molecule has 0 aromatic heterocycles. The lowest BCUT2D eigenvalue weighted by Crippen LogP contribution is -2.39. The van der Waals surface area contributed by atoms with Gasteiger partial charge in [0.05, 0.1) is 0 Å². The number of benzene rings is 2. The zero-order chi connectivity index (χ0) is 17.5. The summed E-state index contributed by atoms with van der Waals surface area (Å²) in [4.78, 5) is 25.4. The van der Waals surface area contributed by atoms with E-state index in [9.17, 15) is 9.59 Å². The maximum atomic E-state index is 11.9. The van der Waals surface area contributed by atoms with Crippen molar-refractivity contribution >= 4 is 34.9 Å². The fraction of sp³-hybridized carbons (Fsp3) is 0.222. The van der Waals surface area contributed by atoms with E-state index in [-0.39, 0.29) is 11.9 Å². The lowest BCUT2D eigenvalue weighted by molar-refractivity contribution is -0.116. The quantitative estimate of drug-likeness (QED) is 0.865. The van der Waals surface area contributed by atoms with Crippen LogP contribution in [0, 0.1) is 6.92 Å². The SMILES string of the molecule is CC(=O)N(CCNC(=O)Nc1ccccc1)c1cccc(Cl)c1C. The van der Waals surface area contributed by atoms with Crippen molar-refractivity contribution in [1.82, 2.24) is 5.32 Å². The van der Waals surface area contributed by atoms with Gasteiger partial charge < -0.3 is 15.5 Å². The molecular weight excluding hydrogens is 326 g/mol. The van der Waals surface area contributed by atoms with Gasteiger partial charge in [-0.3, -0.25) is 4.79 Å². The van der Waals surface area contributed by atoms with Crippen LogP contribution in [0.5, 0.6) is 0 Å². The standard InChI is InChI=1S/C18H20ClN3O2/c1-13-16(19)9-6-10-17(13)22(14(2)23)12-11-20-18(24)21-15-7-4-3-5-8-15/h3-10H,11-12H2,1-2H3,(H2,20,21,24). The van der Waals surface area contributed by atoms with Crippen molar-refractivity contribution in [1.29, 1.82) is 0 Å². The van der Waals surface area contributed by atoms with Crippen LogP contribution in [-0.4, -0.2) is 25.0 Å². The Morgan fingerprint density at radius 3 is 2.46 bits per heavy atom. The molecule has 0 unspecified atom stereocenters. The van der Waals surface area contributed by atoms with Gasteiger partial charge in [-0.25, -0.2) is 4.79 Å². The van der Waals surface area contributed by atoms with Crippen molar-refractivity contribution < 1.29 is 9.59 Å².